The fraction of sp³-hybridized carbons (Fsp3) is 0.0870. The number of rotatable bonds is 6. The number of aliphatic hydroxyl groups excluding tert-OH is 1. The van der Waals surface area contributed by atoms with E-state index >= 15 is 0 Å². The summed E-state index contributed by atoms with van der Waals surface area (Å²) < 4.78 is 1.78. The standard InChI is InChI=1S/C23H20N4O4/c28-14-20(23(31)25-16-5-7-19-15(12-16)4-3-9-24-19)26-22(30)18-13-17(6-8-21(18)29)27-10-1-2-11-27/h1-13,20,28-29H,14H2,(H,25,31)(H,26,30)/t20-/m0/s1. The number of carbonyl (C=O) groups is 2. The Bertz CT molecular complexity index is 1240. The van der Waals surface area contributed by atoms with Crippen LogP contribution in [0.4, 0.5) is 5.69 Å². The lowest BCUT2D eigenvalue weighted by molar-refractivity contribution is -0.118. The molecule has 0 saturated carbocycles. The number of phenols is 1. The number of aromatic nitrogens is 2. The Labute approximate surface area is 177 Å². The molecule has 0 saturated heterocycles. The van der Waals surface area contributed by atoms with Crippen LogP contribution in [0.5, 0.6) is 5.75 Å². The maximum absolute atomic E-state index is 12.7. The van der Waals surface area contributed by atoms with Gasteiger partial charge in [-0.3, -0.25) is 14.6 Å². The Kier molecular flexibility index (Phi) is 5.63. The Morgan fingerprint density at radius 3 is 2.61 bits per heavy atom. The average Bonchev–Trinajstić information content (AvgIpc) is 3.32. The molecule has 4 N–H and O–H groups in total. The lowest BCUT2D eigenvalue weighted by atomic mass is 10.1. The van der Waals surface area contributed by atoms with Crippen molar-refractivity contribution in [2.24, 2.45) is 0 Å². The predicted molar refractivity (Wildman–Crippen MR) is 116 cm³/mol. The molecule has 4 rings (SSSR count). The summed E-state index contributed by atoms with van der Waals surface area (Å²) in [5, 5.41) is 25.8. The number of amides is 2. The first-order chi connectivity index (χ1) is 15.0. The molecule has 31 heavy (non-hydrogen) atoms. The highest BCUT2D eigenvalue weighted by Gasteiger charge is 2.22. The summed E-state index contributed by atoms with van der Waals surface area (Å²) in [6.07, 6.45) is 5.28. The number of pyridine rings is 1. The van der Waals surface area contributed by atoms with Crippen LogP contribution in [0, 0.1) is 0 Å². The second kappa shape index (κ2) is 8.68. The molecular formula is C23H20N4O4. The van der Waals surface area contributed by atoms with Crippen molar-refractivity contribution in [3.8, 4) is 11.4 Å². The van der Waals surface area contributed by atoms with Gasteiger partial charge < -0.3 is 25.4 Å². The molecule has 156 valence electrons. The molecular weight excluding hydrogens is 396 g/mol. The minimum absolute atomic E-state index is 0.00534. The van der Waals surface area contributed by atoms with Crippen LogP contribution in [0.1, 0.15) is 10.4 Å². The van der Waals surface area contributed by atoms with Crippen molar-refractivity contribution in [1.82, 2.24) is 14.9 Å². The molecule has 1 atom stereocenters. The van der Waals surface area contributed by atoms with Crippen molar-refractivity contribution < 1.29 is 19.8 Å². The number of anilines is 1. The van der Waals surface area contributed by atoms with Crippen LogP contribution in [0.25, 0.3) is 16.6 Å². The normalized spacial score (nSPS) is 11.8. The van der Waals surface area contributed by atoms with Crippen molar-refractivity contribution in [1.29, 1.82) is 0 Å². The van der Waals surface area contributed by atoms with Gasteiger partial charge in [-0.2, -0.15) is 0 Å². The Morgan fingerprint density at radius 1 is 1.03 bits per heavy atom. The molecule has 0 unspecified atom stereocenters. The van der Waals surface area contributed by atoms with Gasteiger partial charge in [0.05, 0.1) is 17.7 Å². The fourth-order valence-electron chi connectivity index (χ4n) is 3.19. The van der Waals surface area contributed by atoms with Gasteiger partial charge in [-0.05, 0) is 54.6 Å². The maximum atomic E-state index is 12.7. The third kappa shape index (κ3) is 4.39. The summed E-state index contributed by atoms with van der Waals surface area (Å²) in [4.78, 5) is 29.6. The summed E-state index contributed by atoms with van der Waals surface area (Å²) in [6, 6.07) is 15.9. The zero-order valence-corrected chi connectivity index (χ0v) is 16.4. The van der Waals surface area contributed by atoms with Gasteiger partial charge in [-0.1, -0.05) is 6.07 Å². The molecule has 2 amide bonds. The number of carbonyl (C=O) groups excluding carboxylic acids is 2. The van der Waals surface area contributed by atoms with Gasteiger partial charge in [0, 0.05) is 35.4 Å². The molecule has 0 aliphatic carbocycles. The largest absolute Gasteiger partial charge is 0.507 e. The van der Waals surface area contributed by atoms with Crippen molar-refractivity contribution in [3.05, 3.63) is 84.8 Å². The van der Waals surface area contributed by atoms with E-state index in [9.17, 15) is 19.8 Å². The van der Waals surface area contributed by atoms with Crippen molar-refractivity contribution in [2.45, 2.75) is 6.04 Å². The SMILES string of the molecule is O=C(N[C@@H](CO)C(=O)Nc1ccc2ncccc2c1)c1cc(-n2cccc2)ccc1O. The quantitative estimate of drug-likeness (QED) is 0.385. The van der Waals surface area contributed by atoms with Crippen molar-refractivity contribution in [3.63, 3.8) is 0 Å². The molecule has 2 heterocycles. The van der Waals surface area contributed by atoms with Gasteiger partial charge in [0.2, 0.25) is 5.91 Å². The summed E-state index contributed by atoms with van der Waals surface area (Å²) in [5.41, 5.74) is 1.96. The first kappa shape index (κ1) is 20.1. The van der Waals surface area contributed by atoms with Gasteiger partial charge in [-0.25, -0.2) is 0 Å². The van der Waals surface area contributed by atoms with E-state index in [1.54, 1.807) is 53.5 Å². The van der Waals surface area contributed by atoms with E-state index in [1.165, 1.54) is 12.1 Å². The number of fused-ring (bicyclic) bond motifs is 1. The van der Waals surface area contributed by atoms with Gasteiger partial charge in [-0.15, -0.1) is 0 Å². The lowest BCUT2D eigenvalue weighted by Crippen LogP contribution is -2.46. The molecule has 0 aliphatic heterocycles. The first-order valence-electron chi connectivity index (χ1n) is 9.59. The summed E-state index contributed by atoms with van der Waals surface area (Å²) >= 11 is 0. The van der Waals surface area contributed by atoms with Gasteiger partial charge in [0.25, 0.3) is 5.91 Å². The number of aromatic hydroxyl groups is 1. The summed E-state index contributed by atoms with van der Waals surface area (Å²) in [6.45, 7) is -0.606. The number of hydrogen-bond acceptors (Lipinski definition) is 5. The van der Waals surface area contributed by atoms with Gasteiger partial charge in [0.1, 0.15) is 11.8 Å². The van der Waals surface area contributed by atoms with Gasteiger partial charge in [0.15, 0.2) is 0 Å². The van der Waals surface area contributed by atoms with E-state index in [-0.39, 0.29) is 11.3 Å². The smallest absolute Gasteiger partial charge is 0.255 e. The van der Waals surface area contributed by atoms with E-state index in [0.29, 0.717) is 11.4 Å². The first-order valence-corrected chi connectivity index (χ1v) is 9.59. The number of hydrogen-bond donors (Lipinski definition) is 4. The second-order valence-corrected chi connectivity index (χ2v) is 6.90. The minimum Gasteiger partial charge on any atom is -0.507 e. The highest BCUT2D eigenvalue weighted by molar-refractivity contribution is 6.03. The number of nitrogens with zero attached hydrogens (tertiary/aromatic N) is 2. The number of phenolic OH excluding ortho intramolecular Hbond substituents is 1. The Hall–Kier alpha value is -4.17. The summed E-state index contributed by atoms with van der Waals surface area (Å²) in [7, 11) is 0. The lowest BCUT2D eigenvalue weighted by Gasteiger charge is -2.17. The van der Waals surface area contributed by atoms with Crippen molar-refractivity contribution in [2.75, 3.05) is 11.9 Å². The van der Waals surface area contributed by atoms with E-state index in [2.05, 4.69) is 15.6 Å². The van der Waals surface area contributed by atoms with E-state index < -0.39 is 24.5 Å². The highest BCUT2D eigenvalue weighted by Crippen LogP contribution is 2.21. The van der Waals surface area contributed by atoms with Crippen LogP contribution in [0.3, 0.4) is 0 Å². The molecule has 2 aromatic heterocycles. The van der Waals surface area contributed by atoms with E-state index in [4.69, 9.17) is 0 Å². The summed E-state index contributed by atoms with van der Waals surface area (Å²) in [5.74, 6) is -1.49. The van der Waals surface area contributed by atoms with Crippen LogP contribution in [0.2, 0.25) is 0 Å². The van der Waals surface area contributed by atoms with Crippen LogP contribution >= 0.6 is 0 Å². The molecule has 0 radical (unpaired) electrons. The van der Waals surface area contributed by atoms with E-state index in [0.717, 1.165) is 10.9 Å². The number of nitrogens with one attached hydrogen (secondary N) is 2. The zero-order chi connectivity index (χ0) is 21.8. The predicted octanol–water partition coefficient (Wildman–Crippen LogP) is 2.46. The third-order valence-corrected chi connectivity index (χ3v) is 4.80. The second-order valence-electron chi connectivity index (χ2n) is 6.90. The number of benzene rings is 2. The average molecular weight is 416 g/mol. The van der Waals surface area contributed by atoms with Crippen molar-refractivity contribution >= 4 is 28.4 Å². The Balaban J connectivity index is 1.49. The topological polar surface area (TPSA) is 116 Å². The molecule has 0 aliphatic rings. The van der Waals surface area contributed by atoms with Crippen LogP contribution in [-0.4, -0.2) is 44.2 Å². The number of aliphatic hydroxyl groups is 1. The molecule has 2 aromatic carbocycles. The highest BCUT2D eigenvalue weighted by atomic mass is 16.3. The molecule has 8 nitrogen and oxygen atoms in total. The van der Waals surface area contributed by atoms with Crippen LogP contribution < -0.4 is 10.6 Å². The Morgan fingerprint density at radius 2 is 1.84 bits per heavy atom. The molecule has 8 heteroatoms. The maximum Gasteiger partial charge on any atom is 0.255 e. The monoisotopic (exact) mass is 416 g/mol. The van der Waals surface area contributed by atoms with E-state index in [1.807, 2.05) is 18.2 Å². The fourth-order valence-corrected chi connectivity index (χ4v) is 3.19. The molecule has 4 aromatic rings. The van der Waals surface area contributed by atoms with Crippen LogP contribution in [-0.2, 0) is 4.79 Å². The van der Waals surface area contributed by atoms with Gasteiger partial charge >= 0.3 is 0 Å². The zero-order valence-electron chi connectivity index (χ0n) is 16.4. The van der Waals surface area contributed by atoms with Crippen LogP contribution in [0.15, 0.2) is 79.3 Å². The molecule has 0 spiro atoms. The third-order valence-electron chi connectivity index (χ3n) is 4.80. The minimum atomic E-state index is -1.20. The molecule has 0 fully saturated rings. The molecule has 0 bridgehead atoms.